The summed E-state index contributed by atoms with van der Waals surface area (Å²) < 4.78 is 13.4. The summed E-state index contributed by atoms with van der Waals surface area (Å²) in [5.74, 6) is 2.26. The zero-order chi connectivity index (χ0) is 24.8. The van der Waals surface area contributed by atoms with Crippen LogP contribution in [-0.4, -0.2) is 29.2 Å². The molecule has 0 bridgehead atoms. The van der Waals surface area contributed by atoms with Crippen LogP contribution in [0.25, 0.3) is 11.0 Å². The zero-order valence-corrected chi connectivity index (χ0v) is 20.9. The molecule has 1 aromatic heterocycles. The summed E-state index contributed by atoms with van der Waals surface area (Å²) in [4.78, 5) is 17.7. The van der Waals surface area contributed by atoms with Crippen molar-refractivity contribution in [1.29, 1.82) is 0 Å². The summed E-state index contributed by atoms with van der Waals surface area (Å²) >= 11 is 0. The number of benzene rings is 3. The first kappa shape index (κ1) is 24.3. The highest BCUT2D eigenvalue weighted by molar-refractivity contribution is 5.94. The van der Waals surface area contributed by atoms with Crippen LogP contribution in [0.15, 0.2) is 66.7 Å². The zero-order valence-electron chi connectivity index (χ0n) is 20.9. The second-order valence-corrected chi connectivity index (χ2v) is 8.84. The topological polar surface area (TPSA) is 65.4 Å². The lowest BCUT2D eigenvalue weighted by Crippen LogP contribution is -2.28. The van der Waals surface area contributed by atoms with E-state index in [0.29, 0.717) is 17.9 Å². The van der Waals surface area contributed by atoms with Crippen molar-refractivity contribution in [3.63, 3.8) is 0 Å². The maximum atomic E-state index is 12.9. The number of ether oxygens (including phenoxy) is 2. The van der Waals surface area contributed by atoms with Crippen LogP contribution < -0.4 is 14.8 Å². The molecule has 0 aliphatic heterocycles. The molecule has 6 nitrogen and oxygen atoms in total. The molecule has 0 aliphatic rings. The summed E-state index contributed by atoms with van der Waals surface area (Å²) in [6, 6.07) is 21.2. The van der Waals surface area contributed by atoms with E-state index in [-0.39, 0.29) is 11.9 Å². The molecular weight excluding hydrogens is 438 g/mol. The number of nitrogens with zero attached hydrogens (tertiary/aromatic N) is 2. The Hall–Kier alpha value is -3.80. The van der Waals surface area contributed by atoms with E-state index in [1.807, 2.05) is 43.3 Å². The molecule has 0 fully saturated rings. The molecule has 4 rings (SSSR count). The lowest BCUT2D eigenvalue weighted by Gasteiger charge is -2.17. The highest BCUT2D eigenvalue weighted by Gasteiger charge is 2.19. The number of amides is 1. The van der Waals surface area contributed by atoms with Gasteiger partial charge in [-0.25, -0.2) is 4.98 Å². The van der Waals surface area contributed by atoms with Gasteiger partial charge in [-0.05, 0) is 87.2 Å². The van der Waals surface area contributed by atoms with E-state index in [2.05, 4.69) is 41.9 Å². The molecule has 1 N–H and O–H groups in total. The van der Waals surface area contributed by atoms with Gasteiger partial charge >= 0.3 is 0 Å². The molecule has 3 aromatic carbocycles. The Morgan fingerprint density at radius 2 is 1.80 bits per heavy atom. The van der Waals surface area contributed by atoms with E-state index in [0.717, 1.165) is 42.0 Å². The molecule has 1 atom stereocenters. The Kier molecular flexibility index (Phi) is 7.70. The molecule has 35 heavy (non-hydrogen) atoms. The number of fused-ring (bicyclic) bond motifs is 1. The average molecular weight is 472 g/mol. The highest BCUT2D eigenvalue weighted by Crippen LogP contribution is 2.23. The quantitative estimate of drug-likeness (QED) is 0.288. The van der Waals surface area contributed by atoms with Gasteiger partial charge in [0.1, 0.15) is 17.3 Å². The van der Waals surface area contributed by atoms with Crippen molar-refractivity contribution in [1.82, 2.24) is 14.9 Å². The van der Waals surface area contributed by atoms with Crippen LogP contribution in [0.3, 0.4) is 0 Å². The molecule has 6 heteroatoms. The third kappa shape index (κ3) is 5.83. The average Bonchev–Trinajstić information content (AvgIpc) is 3.24. The summed E-state index contributed by atoms with van der Waals surface area (Å²) in [6.07, 6.45) is 1.86. The summed E-state index contributed by atoms with van der Waals surface area (Å²) in [5.41, 5.74) is 5.06. The van der Waals surface area contributed by atoms with Crippen LogP contribution in [0.1, 0.15) is 53.1 Å². The van der Waals surface area contributed by atoms with Gasteiger partial charge in [0, 0.05) is 12.1 Å². The van der Waals surface area contributed by atoms with Crippen molar-refractivity contribution in [2.24, 2.45) is 0 Å². The maximum Gasteiger partial charge on any atom is 0.251 e. The van der Waals surface area contributed by atoms with Crippen molar-refractivity contribution in [3.8, 4) is 11.5 Å². The first-order valence-electron chi connectivity index (χ1n) is 12.1. The van der Waals surface area contributed by atoms with Gasteiger partial charge < -0.3 is 19.4 Å². The minimum absolute atomic E-state index is 0.156. The largest absolute Gasteiger partial charge is 0.497 e. The van der Waals surface area contributed by atoms with E-state index in [9.17, 15) is 4.79 Å². The van der Waals surface area contributed by atoms with Crippen LogP contribution in [0.2, 0.25) is 0 Å². The first-order valence-corrected chi connectivity index (χ1v) is 12.1. The van der Waals surface area contributed by atoms with Gasteiger partial charge in [0.05, 0.1) is 30.8 Å². The number of carbonyl (C=O) groups excluding carboxylic acids is 1. The van der Waals surface area contributed by atoms with E-state index in [1.165, 1.54) is 11.1 Å². The van der Waals surface area contributed by atoms with E-state index >= 15 is 0 Å². The number of rotatable bonds is 10. The first-order chi connectivity index (χ1) is 17.0. The molecule has 1 heterocycles. The van der Waals surface area contributed by atoms with Crippen molar-refractivity contribution in [3.05, 3.63) is 89.2 Å². The SMILES string of the molecule is COc1cccc(C(=O)NC(C)c2nc3ccccc3n2CCCCOc2ccc(C)c(C)c2)c1. The number of aromatic nitrogens is 2. The molecule has 0 saturated heterocycles. The number of para-hydroxylation sites is 2. The Bertz CT molecular complexity index is 1310. The fraction of sp³-hybridized carbons (Fsp3) is 0.310. The minimum atomic E-state index is -0.257. The summed E-state index contributed by atoms with van der Waals surface area (Å²) in [6.45, 7) is 7.63. The number of carbonyl (C=O) groups is 1. The number of aryl methyl sites for hydroxylation is 3. The molecule has 0 spiro atoms. The molecule has 0 saturated carbocycles. The summed E-state index contributed by atoms with van der Waals surface area (Å²) in [7, 11) is 1.59. The fourth-order valence-corrected chi connectivity index (χ4v) is 4.13. The van der Waals surface area contributed by atoms with Crippen molar-refractivity contribution >= 4 is 16.9 Å². The normalized spacial score (nSPS) is 11.9. The van der Waals surface area contributed by atoms with Gasteiger partial charge in [-0.2, -0.15) is 0 Å². The number of nitrogens with one attached hydrogen (secondary N) is 1. The van der Waals surface area contributed by atoms with Crippen LogP contribution in [0, 0.1) is 13.8 Å². The molecule has 182 valence electrons. The molecule has 0 radical (unpaired) electrons. The molecule has 0 aliphatic carbocycles. The third-order valence-electron chi connectivity index (χ3n) is 6.27. The van der Waals surface area contributed by atoms with Gasteiger partial charge in [-0.1, -0.05) is 24.3 Å². The Labute approximate surface area is 206 Å². The van der Waals surface area contributed by atoms with Crippen LogP contribution in [0.5, 0.6) is 11.5 Å². The van der Waals surface area contributed by atoms with Crippen molar-refractivity contribution < 1.29 is 14.3 Å². The summed E-state index contributed by atoms with van der Waals surface area (Å²) in [5, 5.41) is 3.10. The van der Waals surface area contributed by atoms with Crippen molar-refractivity contribution in [2.45, 2.75) is 46.2 Å². The van der Waals surface area contributed by atoms with Gasteiger partial charge in [0.25, 0.3) is 5.91 Å². The van der Waals surface area contributed by atoms with E-state index in [1.54, 1.807) is 19.2 Å². The molecule has 1 unspecified atom stereocenters. The predicted octanol–water partition coefficient (Wildman–Crippen LogP) is 6.01. The van der Waals surface area contributed by atoms with E-state index < -0.39 is 0 Å². The Morgan fingerprint density at radius 3 is 2.60 bits per heavy atom. The van der Waals surface area contributed by atoms with Crippen molar-refractivity contribution in [2.75, 3.05) is 13.7 Å². The molecule has 1 amide bonds. The molecule has 4 aromatic rings. The smallest absolute Gasteiger partial charge is 0.251 e. The van der Waals surface area contributed by atoms with Crippen LogP contribution >= 0.6 is 0 Å². The highest BCUT2D eigenvalue weighted by atomic mass is 16.5. The number of hydrogen-bond donors (Lipinski definition) is 1. The Balaban J connectivity index is 1.42. The monoisotopic (exact) mass is 471 g/mol. The second kappa shape index (κ2) is 11.1. The lowest BCUT2D eigenvalue weighted by molar-refractivity contribution is 0.0937. The van der Waals surface area contributed by atoms with Gasteiger partial charge in [0.15, 0.2) is 0 Å². The maximum absolute atomic E-state index is 12.9. The van der Waals surface area contributed by atoms with Gasteiger partial charge in [-0.3, -0.25) is 4.79 Å². The number of hydrogen-bond acceptors (Lipinski definition) is 4. The number of imidazole rings is 1. The van der Waals surface area contributed by atoms with Gasteiger partial charge in [0.2, 0.25) is 0 Å². The lowest BCUT2D eigenvalue weighted by atomic mass is 10.1. The number of unbranched alkanes of at least 4 members (excludes halogenated alkanes) is 1. The third-order valence-corrected chi connectivity index (χ3v) is 6.27. The molecular formula is C29H33N3O3. The predicted molar refractivity (Wildman–Crippen MR) is 139 cm³/mol. The van der Waals surface area contributed by atoms with Crippen LogP contribution in [-0.2, 0) is 6.54 Å². The second-order valence-electron chi connectivity index (χ2n) is 8.84. The number of methoxy groups -OCH3 is 1. The fourth-order valence-electron chi connectivity index (χ4n) is 4.13. The minimum Gasteiger partial charge on any atom is -0.497 e. The van der Waals surface area contributed by atoms with Gasteiger partial charge in [-0.15, -0.1) is 0 Å². The van der Waals surface area contributed by atoms with Crippen LogP contribution in [0.4, 0.5) is 0 Å². The van der Waals surface area contributed by atoms with E-state index in [4.69, 9.17) is 14.5 Å². The standard InChI is InChI=1S/C29H33N3O3/c1-20-14-15-25(18-21(20)2)35-17-8-7-16-32-27-13-6-5-12-26(27)31-28(32)22(3)30-29(33)23-10-9-11-24(19-23)34-4/h5-6,9-15,18-19,22H,7-8,16-17H2,1-4H3,(H,30,33). The Morgan fingerprint density at radius 1 is 0.971 bits per heavy atom.